The summed E-state index contributed by atoms with van der Waals surface area (Å²) in [7, 11) is 1.20. The predicted molar refractivity (Wildman–Crippen MR) is 72.6 cm³/mol. The molecule has 0 radical (unpaired) electrons. The fourth-order valence-corrected chi connectivity index (χ4v) is 1.65. The van der Waals surface area contributed by atoms with Crippen molar-refractivity contribution < 1.29 is 9.53 Å². The van der Waals surface area contributed by atoms with Crippen molar-refractivity contribution in [1.82, 2.24) is 0 Å². The summed E-state index contributed by atoms with van der Waals surface area (Å²) in [5.41, 5.74) is 3.11. The number of ether oxygens (including phenoxy) is 1. The second kappa shape index (κ2) is 5.65. The summed E-state index contributed by atoms with van der Waals surface area (Å²) in [5, 5.41) is 14.6. The molecule has 1 N–H and O–H groups in total. The Kier molecular flexibility index (Phi) is 3.74. The van der Waals surface area contributed by atoms with Crippen molar-refractivity contribution >= 4 is 28.1 Å². The van der Waals surface area contributed by atoms with Gasteiger partial charge in [0.15, 0.2) is 0 Å². The maximum atomic E-state index is 11.2. The highest BCUT2D eigenvalue weighted by atomic mass is 16.5. The van der Waals surface area contributed by atoms with Gasteiger partial charge in [-0.25, -0.2) is 4.79 Å². The van der Waals surface area contributed by atoms with E-state index in [-0.39, 0.29) is 5.71 Å². The van der Waals surface area contributed by atoms with Crippen LogP contribution in [0.1, 0.15) is 0 Å². The zero-order chi connectivity index (χ0) is 13.7. The van der Waals surface area contributed by atoms with Crippen LogP contribution in [0.4, 0.5) is 5.69 Å². The maximum absolute atomic E-state index is 11.2. The summed E-state index contributed by atoms with van der Waals surface area (Å²) < 4.78 is 4.45. The normalized spacial score (nSPS) is 10.8. The van der Waals surface area contributed by atoms with Crippen molar-refractivity contribution in [1.29, 1.82) is 5.26 Å². The fourth-order valence-electron chi connectivity index (χ4n) is 1.65. The number of carbonyl (C=O) groups excluding carboxylic acids is 1. The van der Waals surface area contributed by atoms with E-state index < -0.39 is 5.97 Å². The minimum atomic E-state index is -0.768. The average Bonchev–Trinajstić information content (AvgIpc) is 2.47. The van der Waals surface area contributed by atoms with E-state index in [0.717, 1.165) is 16.5 Å². The number of hydrazone groups is 1. The average molecular weight is 253 g/mol. The summed E-state index contributed by atoms with van der Waals surface area (Å²) in [5.74, 6) is -0.768. The zero-order valence-corrected chi connectivity index (χ0v) is 10.3. The number of anilines is 1. The van der Waals surface area contributed by atoms with Crippen LogP contribution >= 0.6 is 0 Å². The van der Waals surface area contributed by atoms with Crippen LogP contribution in [-0.4, -0.2) is 18.8 Å². The van der Waals surface area contributed by atoms with Gasteiger partial charge in [0.05, 0.1) is 12.8 Å². The molecule has 0 atom stereocenters. The largest absolute Gasteiger partial charge is 0.464 e. The molecule has 0 spiro atoms. The maximum Gasteiger partial charge on any atom is 0.369 e. The second-order valence-corrected chi connectivity index (χ2v) is 3.70. The lowest BCUT2D eigenvalue weighted by molar-refractivity contribution is -0.132. The minimum absolute atomic E-state index is 0.324. The van der Waals surface area contributed by atoms with E-state index in [1.165, 1.54) is 7.11 Å². The lowest BCUT2D eigenvalue weighted by Crippen LogP contribution is -2.15. The third kappa shape index (κ3) is 2.69. The molecule has 0 bridgehead atoms. The minimum Gasteiger partial charge on any atom is -0.464 e. The van der Waals surface area contributed by atoms with Crippen LogP contribution in [0.5, 0.6) is 0 Å². The van der Waals surface area contributed by atoms with Crippen LogP contribution < -0.4 is 5.43 Å². The molecule has 5 nitrogen and oxygen atoms in total. The second-order valence-electron chi connectivity index (χ2n) is 3.70. The molecule has 0 saturated heterocycles. The Bertz CT molecular complexity index is 681. The van der Waals surface area contributed by atoms with E-state index >= 15 is 0 Å². The number of esters is 1. The first-order valence-electron chi connectivity index (χ1n) is 5.56. The van der Waals surface area contributed by atoms with Crippen LogP contribution in [0.25, 0.3) is 10.8 Å². The van der Waals surface area contributed by atoms with E-state index in [0.29, 0.717) is 0 Å². The van der Waals surface area contributed by atoms with Gasteiger partial charge in [-0.2, -0.15) is 10.4 Å². The van der Waals surface area contributed by atoms with Gasteiger partial charge in [0.2, 0.25) is 5.71 Å². The highest BCUT2D eigenvalue weighted by Gasteiger charge is 2.10. The van der Waals surface area contributed by atoms with E-state index in [1.54, 1.807) is 6.07 Å². The van der Waals surface area contributed by atoms with E-state index in [4.69, 9.17) is 5.26 Å². The highest BCUT2D eigenvalue weighted by molar-refractivity contribution is 6.43. The van der Waals surface area contributed by atoms with Crippen LogP contribution in [-0.2, 0) is 9.53 Å². The Morgan fingerprint density at radius 2 is 2.00 bits per heavy atom. The Labute approximate surface area is 110 Å². The quantitative estimate of drug-likeness (QED) is 0.517. The molecule has 0 unspecified atom stereocenters. The molecule has 5 heteroatoms. The Morgan fingerprint density at radius 1 is 1.26 bits per heavy atom. The molecular weight excluding hydrogens is 242 g/mol. The summed E-state index contributed by atoms with van der Waals surface area (Å²) >= 11 is 0. The number of nitrogens with zero attached hydrogens (tertiary/aromatic N) is 2. The summed E-state index contributed by atoms with van der Waals surface area (Å²) in [6.45, 7) is 0. The summed E-state index contributed by atoms with van der Waals surface area (Å²) in [4.78, 5) is 11.2. The van der Waals surface area contributed by atoms with Gasteiger partial charge in [0.1, 0.15) is 6.07 Å². The molecule has 0 aromatic heterocycles. The van der Waals surface area contributed by atoms with Crippen molar-refractivity contribution in [3.05, 3.63) is 42.5 Å². The van der Waals surface area contributed by atoms with Gasteiger partial charge in [0, 0.05) is 5.39 Å². The van der Waals surface area contributed by atoms with Crippen LogP contribution in [0.3, 0.4) is 0 Å². The molecule has 0 aliphatic carbocycles. The molecule has 0 aliphatic heterocycles. The smallest absolute Gasteiger partial charge is 0.369 e. The topological polar surface area (TPSA) is 74.5 Å². The molecule has 2 aromatic carbocycles. The third-order valence-electron chi connectivity index (χ3n) is 2.56. The fraction of sp³-hybridized carbons (Fsp3) is 0.0714. The molecular formula is C14H11N3O2. The number of nitriles is 1. The highest BCUT2D eigenvalue weighted by Crippen LogP contribution is 2.22. The molecule has 19 heavy (non-hydrogen) atoms. The standard InChI is InChI=1S/C14H11N3O2/c1-19-14(18)13(9-15)17-16-12-8-4-6-10-5-2-3-7-11(10)12/h2-8,16H,1H3. The Hall–Kier alpha value is -2.87. The van der Waals surface area contributed by atoms with Crippen molar-refractivity contribution in [2.24, 2.45) is 5.10 Å². The summed E-state index contributed by atoms with van der Waals surface area (Å²) in [6, 6.07) is 15.1. The first-order valence-corrected chi connectivity index (χ1v) is 5.56. The number of benzene rings is 2. The van der Waals surface area contributed by atoms with Gasteiger partial charge in [-0.3, -0.25) is 5.43 Å². The van der Waals surface area contributed by atoms with Gasteiger partial charge in [0.25, 0.3) is 0 Å². The summed E-state index contributed by atoms with van der Waals surface area (Å²) in [6.07, 6.45) is 0. The third-order valence-corrected chi connectivity index (χ3v) is 2.56. The SMILES string of the molecule is COC(=O)C(C#N)=NNc1cccc2ccccc12. The van der Waals surface area contributed by atoms with Gasteiger partial charge in [-0.15, -0.1) is 0 Å². The van der Waals surface area contributed by atoms with Gasteiger partial charge < -0.3 is 4.74 Å². The molecule has 2 rings (SSSR count). The first kappa shape index (κ1) is 12.6. The number of hydrogen-bond donors (Lipinski definition) is 1. The number of rotatable bonds is 3. The van der Waals surface area contributed by atoms with E-state index in [1.807, 2.05) is 42.5 Å². The lowest BCUT2D eigenvalue weighted by Gasteiger charge is -2.05. The molecule has 0 saturated carbocycles. The molecule has 94 valence electrons. The Morgan fingerprint density at radius 3 is 2.74 bits per heavy atom. The predicted octanol–water partition coefficient (Wildman–Crippen LogP) is 2.30. The van der Waals surface area contributed by atoms with Crippen LogP contribution in [0.2, 0.25) is 0 Å². The number of hydrogen-bond acceptors (Lipinski definition) is 5. The molecule has 0 fully saturated rings. The molecule has 2 aromatic rings. The Balaban J connectivity index is 2.34. The van der Waals surface area contributed by atoms with Crippen molar-refractivity contribution in [3.8, 4) is 6.07 Å². The van der Waals surface area contributed by atoms with Crippen LogP contribution in [0, 0.1) is 11.3 Å². The van der Waals surface area contributed by atoms with Crippen molar-refractivity contribution in [3.63, 3.8) is 0 Å². The number of nitrogens with one attached hydrogen (secondary N) is 1. The number of carbonyl (C=O) groups is 1. The van der Waals surface area contributed by atoms with Gasteiger partial charge in [-0.05, 0) is 11.5 Å². The van der Waals surface area contributed by atoms with Crippen LogP contribution in [0.15, 0.2) is 47.6 Å². The number of fused-ring (bicyclic) bond motifs is 1. The van der Waals surface area contributed by atoms with E-state index in [2.05, 4.69) is 15.3 Å². The zero-order valence-electron chi connectivity index (χ0n) is 10.3. The van der Waals surface area contributed by atoms with Gasteiger partial charge in [-0.1, -0.05) is 36.4 Å². The lowest BCUT2D eigenvalue weighted by atomic mass is 10.1. The van der Waals surface area contributed by atoms with Gasteiger partial charge >= 0.3 is 5.97 Å². The van der Waals surface area contributed by atoms with Crippen molar-refractivity contribution in [2.45, 2.75) is 0 Å². The monoisotopic (exact) mass is 253 g/mol. The van der Waals surface area contributed by atoms with E-state index in [9.17, 15) is 4.79 Å². The molecule has 0 aliphatic rings. The van der Waals surface area contributed by atoms with Crippen molar-refractivity contribution in [2.75, 3.05) is 12.5 Å². The first-order chi connectivity index (χ1) is 9.26. The molecule has 0 amide bonds. The number of methoxy groups -OCH3 is 1. The molecule has 0 heterocycles.